The van der Waals surface area contributed by atoms with Crippen LogP contribution in [-0.2, 0) is 14.3 Å². The van der Waals surface area contributed by atoms with Crippen molar-refractivity contribution < 1.29 is 14.3 Å². The molecule has 0 aromatic rings. The summed E-state index contributed by atoms with van der Waals surface area (Å²) < 4.78 is 5.87. The third kappa shape index (κ3) is 3.45. The summed E-state index contributed by atoms with van der Waals surface area (Å²) in [6.45, 7) is 10.7. The highest BCUT2D eigenvalue weighted by atomic mass is 16.5. The maximum atomic E-state index is 12.4. The molecule has 30 heavy (non-hydrogen) atoms. The predicted octanol–water partition coefficient (Wildman–Crippen LogP) is 5.13. The highest BCUT2D eigenvalue weighted by Crippen LogP contribution is 2.67. The summed E-state index contributed by atoms with van der Waals surface area (Å²) in [5, 5.41) is 0. The zero-order valence-electron chi connectivity index (χ0n) is 19.8. The Balaban J connectivity index is 1.45. The molecule has 4 nitrogen and oxygen atoms in total. The van der Waals surface area contributed by atoms with Crippen LogP contribution in [-0.4, -0.2) is 23.9 Å². The standard InChI is InChI=1S/C26H43NO3/c1-15(2)23(27)24(29)30-18-10-12-25(4)17(14-18)6-7-19-21-9-8-20(16(3)28)26(21,5)13-11-22(19)25/h15,17-23H,6-14,27H2,1-5H3/t17-,18-,19+,20-,21+,22+,23+,25+,26-/m1/s1. The van der Waals surface area contributed by atoms with Crippen LogP contribution in [0.4, 0.5) is 0 Å². The van der Waals surface area contributed by atoms with Gasteiger partial charge in [-0.25, -0.2) is 0 Å². The van der Waals surface area contributed by atoms with E-state index in [0.29, 0.717) is 17.1 Å². The molecule has 9 atom stereocenters. The molecule has 4 aliphatic rings. The number of ketones is 1. The quantitative estimate of drug-likeness (QED) is 0.644. The fourth-order valence-corrected chi connectivity index (χ4v) is 8.51. The van der Waals surface area contributed by atoms with Gasteiger partial charge < -0.3 is 10.5 Å². The van der Waals surface area contributed by atoms with E-state index in [0.717, 1.165) is 43.4 Å². The molecule has 0 heterocycles. The molecule has 4 rings (SSSR count). The van der Waals surface area contributed by atoms with Gasteiger partial charge in [0.15, 0.2) is 0 Å². The van der Waals surface area contributed by atoms with Crippen LogP contribution in [0.5, 0.6) is 0 Å². The van der Waals surface area contributed by atoms with Gasteiger partial charge in [0.2, 0.25) is 0 Å². The van der Waals surface area contributed by atoms with E-state index in [1.165, 1.54) is 32.1 Å². The van der Waals surface area contributed by atoms with E-state index in [9.17, 15) is 9.59 Å². The molecule has 0 aromatic carbocycles. The van der Waals surface area contributed by atoms with E-state index in [4.69, 9.17) is 10.5 Å². The van der Waals surface area contributed by atoms with Gasteiger partial charge in [0, 0.05) is 5.92 Å². The summed E-state index contributed by atoms with van der Waals surface area (Å²) in [5.74, 6) is 3.52. The Morgan fingerprint density at radius 2 is 1.60 bits per heavy atom. The SMILES string of the molecule is CC(=O)[C@H]1CC[C@H]2[C@@H]3CC[C@@H]4C[C@H](OC(=O)[C@@H](N)C(C)C)CC[C@]4(C)[C@H]3CC[C@]12C. The highest BCUT2D eigenvalue weighted by molar-refractivity contribution is 5.79. The Hall–Kier alpha value is -0.900. The summed E-state index contributed by atoms with van der Waals surface area (Å²) in [6, 6.07) is -0.512. The van der Waals surface area contributed by atoms with Gasteiger partial charge >= 0.3 is 5.97 Å². The van der Waals surface area contributed by atoms with Crippen molar-refractivity contribution in [2.45, 2.75) is 105 Å². The number of Topliss-reactive ketones (excluding diaryl/α,β-unsaturated/α-hetero) is 1. The minimum atomic E-state index is -0.512. The largest absolute Gasteiger partial charge is 0.461 e. The van der Waals surface area contributed by atoms with E-state index in [1.54, 1.807) is 0 Å². The summed E-state index contributed by atoms with van der Waals surface area (Å²) in [4.78, 5) is 24.7. The maximum Gasteiger partial charge on any atom is 0.323 e. The number of carbonyl (C=O) groups excluding carboxylic acids is 2. The lowest BCUT2D eigenvalue weighted by Crippen LogP contribution is -2.54. The average molecular weight is 418 g/mol. The van der Waals surface area contributed by atoms with Crippen molar-refractivity contribution in [3.05, 3.63) is 0 Å². The summed E-state index contributed by atoms with van der Waals surface area (Å²) >= 11 is 0. The molecular weight excluding hydrogens is 374 g/mol. The fraction of sp³-hybridized carbons (Fsp3) is 0.923. The van der Waals surface area contributed by atoms with E-state index in [-0.39, 0.29) is 29.3 Å². The van der Waals surface area contributed by atoms with Gasteiger partial charge in [0.05, 0.1) is 0 Å². The van der Waals surface area contributed by atoms with Gasteiger partial charge in [-0.15, -0.1) is 0 Å². The molecule has 170 valence electrons. The first-order valence-corrected chi connectivity index (χ1v) is 12.5. The lowest BCUT2D eigenvalue weighted by Gasteiger charge is -2.61. The van der Waals surface area contributed by atoms with Crippen LogP contribution in [0, 0.1) is 46.3 Å². The predicted molar refractivity (Wildman–Crippen MR) is 119 cm³/mol. The Morgan fingerprint density at radius 1 is 0.933 bits per heavy atom. The van der Waals surface area contributed by atoms with Gasteiger partial charge in [-0.2, -0.15) is 0 Å². The smallest absolute Gasteiger partial charge is 0.323 e. The number of nitrogens with two attached hydrogens (primary N) is 1. The van der Waals surface area contributed by atoms with Crippen molar-refractivity contribution in [1.82, 2.24) is 0 Å². The topological polar surface area (TPSA) is 69.4 Å². The summed E-state index contributed by atoms with van der Waals surface area (Å²) in [6.07, 6.45) is 10.6. The van der Waals surface area contributed by atoms with Crippen LogP contribution >= 0.6 is 0 Å². The van der Waals surface area contributed by atoms with E-state index < -0.39 is 6.04 Å². The van der Waals surface area contributed by atoms with Crippen LogP contribution in [0.3, 0.4) is 0 Å². The van der Waals surface area contributed by atoms with Crippen molar-refractivity contribution in [1.29, 1.82) is 0 Å². The second-order valence-electron chi connectivity index (χ2n) is 12.0. The molecule has 0 aliphatic heterocycles. The second-order valence-corrected chi connectivity index (χ2v) is 12.0. The van der Waals surface area contributed by atoms with Gasteiger partial charge in [-0.05, 0) is 105 Å². The fourth-order valence-electron chi connectivity index (χ4n) is 8.51. The molecule has 4 aliphatic carbocycles. The molecule has 0 unspecified atom stereocenters. The van der Waals surface area contributed by atoms with Crippen molar-refractivity contribution in [2.75, 3.05) is 0 Å². The zero-order chi connectivity index (χ0) is 21.8. The number of hydrogen-bond donors (Lipinski definition) is 1. The number of esters is 1. The number of carbonyl (C=O) groups is 2. The number of hydrogen-bond acceptors (Lipinski definition) is 4. The molecule has 0 radical (unpaired) electrons. The van der Waals surface area contributed by atoms with E-state index >= 15 is 0 Å². The van der Waals surface area contributed by atoms with Crippen LogP contribution in [0.15, 0.2) is 0 Å². The molecule has 0 spiro atoms. The van der Waals surface area contributed by atoms with Crippen LogP contribution < -0.4 is 5.73 Å². The van der Waals surface area contributed by atoms with E-state index in [2.05, 4.69) is 13.8 Å². The first-order valence-electron chi connectivity index (χ1n) is 12.5. The molecule has 4 heteroatoms. The van der Waals surface area contributed by atoms with Crippen molar-refractivity contribution in [3.8, 4) is 0 Å². The van der Waals surface area contributed by atoms with Gasteiger partial charge in [0.1, 0.15) is 17.9 Å². The molecule has 0 saturated heterocycles. The molecule has 0 bridgehead atoms. The molecular formula is C26H43NO3. The van der Waals surface area contributed by atoms with Crippen molar-refractivity contribution in [2.24, 2.45) is 52.1 Å². The molecule has 2 N–H and O–H groups in total. The number of rotatable bonds is 4. The van der Waals surface area contributed by atoms with Crippen LogP contribution in [0.25, 0.3) is 0 Å². The monoisotopic (exact) mass is 417 g/mol. The minimum absolute atomic E-state index is 0.0411. The Labute approximate surface area is 183 Å². The number of fused-ring (bicyclic) bond motifs is 5. The highest BCUT2D eigenvalue weighted by Gasteiger charge is 2.60. The third-order valence-corrected chi connectivity index (χ3v) is 10.4. The maximum absolute atomic E-state index is 12.4. The summed E-state index contributed by atoms with van der Waals surface area (Å²) in [7, 11) is 0. The normalized spacial score (nSPS) is 46.5. The van der Waals surface area contributed by atoms with Gasteiger partial charge in [-0.1, -0.05) is 27.7 Å². The van der Waals surface area contributed by atoms with Gasteiger partial charge in [-0.3, -0.25) is 9.59 Å². The van der Waals surface area contributed by atoms with E-state index in [1.807, 2.05) is 20.8 Å². The first-order chi connectivity index (χ1) is 14.1. The van der Waals surface area contributed by atoms with Crippen molar-refractivity contribution >= 4 is 11.8 Å². The lowest BCUT2D eigenvalue weighted by molar-refractivity contribution is -0.165. The number of ether oxygens (including phenoxy) is 1. The molecule has 0 aromatic heterocycles. The molecule has 4 saturated carbocycles. The Kier molecular flexibility index (Phi) is 5.87. The van der Waals surface area contributed by atoms with Crippen molar-refractivity contribution in [3.63, 3.8) is 0 Å². The molecule has 0 amide bonds. The summed E-state index contributed by atoms with van der Waals surface area (Å²) in [5.41, 5.74) is 6.61. The minimum Gasteiger partial charge on any atom is -0.461 e. The average Bonchev–Trinajstić information content (AvgIpc) is 3.05. The lowest BCUT2D eigenvalue weighted by atomic mass is 9.44. The Bertz CT molecular complexity index is 690. The Morgan fingerprint density at radius 3 is 2.27 bits per heavy atom. The van der Waals surface area contributed by atoms with Crippen LogP contribution in [0.1, 0.15) is 92.4 Å². The second kappa shape index (κ2) is 7.90. The third-order valence-electron chi connectivity index (χ3n) is 10.4. The molecule has 4 fully saturated rings. The first kappa shape index (κ1) is 22.3. The van der Waals surface area contributed by atoms with Gasteiger partial charge in [0.25, 0.3) is 0 Å². The van der Waals surface area contributed by atoms with Crippen LogP contribution in [0.2, 0.25) is 0 Å². The zero-order valence-corrected chi connectivity index (χ0v) is 19.8.